The molecular formula is C18H19BrN2O5S. The van der Waals surface area contributed by atoms with Gasteiger partial charge in [-0.1, -0.05) is 34.2 Å². The Morgan fingerprint density at radius 3 is 2.78 bits per heavy atom. The summed E-state index contributed by atoms with van der Waals surface area (Å²) in [7, 11) is -2.65. The molecule has 0 bridgehead atoms. The van der Waals surface area contributed by atoms with Crippen molar-refractivity contribution >= 4 is 42.8 Å². The first-order valence-electron chi connectivity index (χ1n) is 8.26. The van der Waals surface area contributed by atoms with E-state index >= 15 is 0 Å². The Balaban J connectivity index is 2.33. The summed E-state index contributed by atoms with van der Waals surface area (Å²) in [5.74, 6) is -0.605. The van der Waals surface area contributed by atoms with E-state index < -0.39 is 20.7 Å². The van der Waals surface area contributed by atoms with Crippen LogP contribution in [0.25, 0.3) is 10.9 Å². The number of halogens is 1. The molecule has 0 spiro atoms. The minimum Gasteiger partial charge on any atom is -0.479 e. The van der Waals surface area contributed by atoms with Crippen LogP contribution in [0.1, 0.15) is 30.8 Å². The maximum atomic E-state index is 13.7. The van der Waals surface area contributed by atoms with Crippen molar-refractivity contribution < 1.29 is 22.7 Å². The smallest absolute Gasteiger partial charge is 0.356 e. The Morgan fingerprint density at radius 2 is 2.19 bits per heavy atom. The van der Waals surface area contributed by atoms with Gasteiger partial charge in [0, 0.05) is 16.1 Å². The van der Waals surface area contributed by atoms with Gasteiger partial charge in [-0.3, -0.25) is 0 Å². The Bertz CT molecular complexity index is 1070. The predicted molar refractivity (Wildman–Crippen MR) is 106 cm³/mol. The zero-order chi connectivity index (χ0) is 19.8. The lowest BCUT2D eigenvalue weighted by atomic mass is 10.0. The standard InChI is InChI=1S/C18H19BrN2O5S/c1-4-26-17(22)14-11-12-7-10-20-16(25-3)15(12)21(14)27(23,24)18(2)8-5-13(19)6-9-18/h5-8,10-11H,4,9H2,1-3H3. The van der Waals surface area contributed by atoms with Gasteiger partial charge in [-0.15, -0.1) is 0 Å². The van der Waals surface area contributed by atoms with Crippen LogP contribution in [0, 0.1) is 0 Å². The summed E-state index contributed by atoms with van der Waals surface area (Å²) in [4.78, 5) is 16.6. The third-order valence-electron chi connectivity index (χ3n) is 4.44. The molecule has 1 aliphatic rings. The van der Waals surface area contributed by atoms with Gasteiger partial charge >= 0.3 is 5.97 Å². The van der Waals surface area contributed by atoms with Crippen LogP contribution >= 0.6 is 15.9 Å². The quantitative estimate of drug-likeness (QED) is 0.643. The van der Waals surface area contributed by atoms with Gasteiger partial charge in [-0.2, -0.15) is 0 Å². The Kier molecular flexibility index (Phi) is 5.18. The largest absolute Gasteiger partial charge is 0.479 e. The highest BCUT2D eigenvalue weighted by Gasteiger charge is 2.42. The number of ether oxygens (including phenoxy) is 2. The highest BCUT2D eigenvalue weighted by atomic mass is 79.9. The minimum atomic E-state index is -4.05. The van der Waals surface area contributed by atoms with Crippen LogP contribution in [-0.4, -0.2) is 41.8 Å². The van der Waals surface area contributed by atoms with Crippen LogP contribution in [0.2, 0.25) is 0 Å². The average Bonchev–Trinajstić information content (AvgIpc) is 3.04. The molecule has 0 saturated carbocycles. The molecule has 9 heteroatoms. The van der Waals surface area contributed by atoms with Gasteiger partial charge in [0.2, 0.25) is 15.9 Å². The molecule has 7 nitrogen and oxygen atoms in total. The third-order valence-corrected chi connectivity index (χ3v) is 7.37. The van der Waals surface area contributed by atoms with Crippen molar-refractivity contribution in [2.45, 2.75) is 25.0 Å². The fourth-order valence-corrected chi connectivity index (χ4v) is 4.99. The van der Waals surface area contributed by atoms with Crippen molar-refractivity contribution in [2.24, 2.45) is 0 Å². The summed E-state index contributed by atoms with van der Waals surface area (Å²) in [6, 6.07) is 3.11. The van der Waals surface area contributed by atoms with Crippen molar-refractivity contribution in [3.05, 3.63) is 46.7 Å². The highest BCUT2D eigenvalue weighted by molar-refractivity contribution is 9.11. The van der Waals surface area contributed by atoms with Crippen LogP contribution in [0.5, 0.6) is 5.88 Å². The number of pyridine rings is 1. The van der Waals surface area contributed by atoms with E-state index in [9.17, 15) is 13.2 Å². The molecule has 0 aliphatic heterocycles. The van der Waals surface area contributed by atoms with E-state index in [1.165, 1.54) is 19.4 Å². The second-order valence-corrected chi connectivity index (χ2v) is 9.38. The van der Waals surface area contributed by atoms with Crippen LogP contribution in [0.15, 0.2) is 41.0 Å². The average molecular weight is 455 g/mol. The van der Waals surface area contributed by atoms with E-state index in [2.05, 4.69) is 20.9 Å². The second-order valence-electron chi connectivity index (χ2n) is 6.22. The van der Waals surface area contributed by atoms with E-state index in [0.29, 0.717) is 5.39 Å². The molecular weight excluding hydrogens is 436 g/mol. The van der Waals surface area contributed by atoms with Crippen LogP contribution in [0.4, 0.5) is 0 Å². The van der Waals surface area contributed by atoms with Crippen molar-refractivity contribution in [1.82, 2.24) is 8.96 Å². The lowest BCUT2D eigenvalue weighted by molar-refractivity contribution is 0.0518. The van der Waals surface area contributed by atoms with E-state index in [0.717, 1.165) is 8.45 Å². The molecule has 0 aromatic carbocycles. The molecule has 27 heavy (non-hydrogen) atoms. The summed E-state index contributed by atoms with van der Waals surface area (Å²) in [6.07, 6.45) is 6.82. The third kappa shape index (κ3) is 3.19. The molecule has 0 fully saturated rings. The first-order valence-corrected chi connectivity index (χ1v) is 10.5. The van der Waals surface area contributed by atoms with E-state index in [1.54, 1.807) is 38.1 Å². The maximum absolute atomic E-state index is 13.7. The van der Waals surface area contributed by atoms with Gasteiger partial charge in [-0.25, -0.2) is 22.2 Å². The van der Waals surface area contributed by atoms with Gasteiger partial charge in [0.1, 0.15) is 16.0 Å². The SMILES string of the molecule is CCOC(=O)c1cc2ccnc(OC)c2n1S(=O)(=O)C1(C)C=CC(Br)=CC1. The molecule has 2 aromatic heterocycles. The number of fused-ring (bicyclic) bond motifs is 1. The summed E-state index contributed by atoms with van der Waals surface area (Å²) in [5, 5.41) is 0.522. The second kappa shape index (κ2) is 7.12. The molecule has 2 aromatic rings. The fraction of sp³-hybridized carbons (Fsp3) is 0.333. The topological polar surface area (TPSA) is 87.5 Å². The molecule has 2 heterocycles. The molecule has 0 saturated heterocycles. The van der Waals surface area contributed by atoms with Crippen LogP contribution in [0.3, 0.4) is 0 Å². The lowest BCUT2D eigenvalue weighted by Gasteiger charge is -2.28. The fourth-order valence-electron chi connectivity index (χ4n) is 2.93. The van der Waals surface area contributed by atoms with Gasteiger partial charge in [0.15, 0.2) is 0 Å². The Morgan fingerprint density at radius 1 is 1.44 bits per heavy atom. The molecule has 3 rings (SSSR count). The van der Waals surface area contributed by atoms with Gasteiger partial charge in [0.25, 0.3) is 0 Å². The lowest BCUT2D eigenvalue weighted by Crippen LogP contribution is -2.39. The van der Waals surface area contributed by atoms with Crippen LogP contribution < -0.4 is 4.74 Å². The number of rotatable bonds is 5. The monoisotopic (exact) mass is 454 g/mol. The maximum Gasteiger partial charge on any atom is 0.356 e. The number of carbonyl (C=O) groups excluding carboxylic acids is 1. The van der Waals surface area contributed by atoms with Crippen molar-refractivity contribution in [2.75, 3.05) is 13.7 Å². The molecule has 1 aliphatic carbocycles. The first kappa shape index (κ1) is 19.6. The molecule has 144 valence electrons. The van der Waals surface area contributed by atoms with Gasteiger partial charge in [0.05, 0.1) is 13.7 Å². The van der Waals surface area contributed by atoms with E-state index in [-0.39, 0.29) is 30.1 Å². The van der Waals surface area contributed by atoms with Gasteiger partial charge in [-0.05, 0) is 32.4 Å². The first-order chi connectivity index (χ1) is 12.7. The summed E-state index contributed by atoms with van der Waals surface area (Å²) >= 11 is 3.34. The molecule has 0 amide bonds. The Hall–Kier alpha value is -2.13. The molecule has 0 radical (unpaired) electrons. The number of hydrogen-bond acceptors (Lipinski definition) is 6. The Labute approximate surface area is 165 Å². The van der Waals surface area contributed by atoms with Crippen LogP contribution in [-0.2, 0) is 14.8 Å². The van der Waals surface area contributed by atoms with Crippen molar-refractivity contribution in [3.63, 3.8) is 0 Å². The molecule has 1 unspecified atom stereocenters. The van der Waals surface area contributed by atoms with E-state index in [1.807, 2.05) is 0 Å². The summed E-state index contributed by atoms with van der Waals surface area (Å²) < 4.78 is 38.2. The minimum absolute atomic E-state index is 0.0820. The molecule has 1 atom stereocenters. The zero-order valence-corrected chi connectivity index (χ0v) is 17.5. The number of aromatic nitrogens is 2. The summed E-state index contributed by atoms with van der Waals surface area (Å²) in [6.45, 7) is 3.40. The van der Waals surface area contributed by atoms with Gasteiger partial charge < -0.3 is 9.47 Å². The number of hydrogen-bond donors (Lipinski definition) is 0. The number of nitrogens with zero attached hydrogens (tertiary/aromatic N) is 2. The van der Waals surface area contributed by atoms with Crippen molar-refractivity contribution in [3.8, 4) is 5.88 Å². The normalized spacial score (nSPS) is 19.8. The number of esters is 1. The predicted octanol–water partition coefficient (Wildman–Crippen LogP) is 3.40. The van der Waals surface area contributed by atoms with Crippen molar-refractivity contribution in [1.29, 1.82) is 0 Å². The molecule has 0 N–H and O–H groups in total. The number of methoxy groups -OCH3 is 1. The van der Waals surface area contributed by atoms with E-state index in [4.69, 9.17) is 9.47 Å². The zero-order valence-electron chi connectivity index (χ0n) is 15.1. The summed E-state index contributed by atoms with van der Waals surface area (Å²) in [5.41, 5.74) is 0.132. The number of carbonyl (C=O) groups is 1. The highest BCUT2D eigenvalue weighted by Crippen LogP contribution is 2.37. The number of allylic oxidation sites excluding steroid dienone is 3.